The number of hydrogen-bond acceptors (Lipinski definition) is 4. The summed E-state index contributed by atoms with van der Waals surface area (Å²) in [7, 11) is 0. The molecule has 0 spiro atoms. The molecule has 0 aromatic carbocycles. The molecule has 0 saturated heterocycles. The Labute approximate surface area is 219 Å². The van der Waals surface area contributed by atoms with E-state index in [-0.39, 0.29) is 6.54 Å². The predicted octanol–water partition coefficient (Wildman–Crippen LogP) is 5.71. The highest BCUT2D eigenvalue weighted by Gasteiger charge is 2.50. The zero-order valence-corrected chi connectivity index (χ0v) is 23.4. The number of allylic oxidation sites excluding steroid dienone is 2. The van der Waals surface area contributed by atoms with Crippen molar-refractivity contribution in [2.45, 2.75) is 149 Å². The van der Waals surface area contributed by atoms with Crippen molar-refractivity contribution in [3.8, 4) is 0 Å². The van der Waals surface area contributed by atoms with E-state index in [1.807, 2.05) is 6.08 Å². The molecule has 0 rings (SSSR count). The van der Waals surface area contributed by atoms with Gasteiger partial charge in [-0.05, 0) is 40.0 Å². The summed E-state index contributed by atoms with van der Waals surface area (Å²) in [5, 5.41) is 30.9. The molecule has 3 atom stereocenters. The van der Waals surface area contributed by atoms with Crippen LogP contribution in [0.5, 0.6) is 0 Å². The standard InChI is InChI=1S/C29H53NO6/c1-5-6-7-8-9-10-11-12-13-14-15-16-17-18-19-20-21-22-23-30(24(2)27(31)32,25(3)28(33)34)26(4)29(35)36/h19-20,24-26H,5-18,21-23H2,1-4H3,(H2-,31,32,33,34,35,36)/b20-19+. The maximum atomic E-state index is 11.8. The topological polar surface area (TPSA) is 115 Å². The summed E-state index contributed by atoms with van der Waals surface area (Å²) in [6.07, 6.45) is 23.5. The molecule has 7 nitrogen and oxygen atoms in total. The van der Waals surface area contributed by atoms with Gasteiger partial charge in [0.2, 0.25) is 0 Å². The Morgan fingerprint density at radius 3 is 1.36 bits per heavy atom. The molecule has 0 radical (unpaired) electrons. The summed E-state index contributed by atoms with van der Waals surface area (Å²) in [6, 6.07) is -3.62. The third-order valence-corrected chi connectivity index (χ3v) is 7.78. The second-order valence-electron chi connectivity index (χ2n) is 10.4. The van der Waals surface area contributed by atoms with E-state index in [2.05, 4.69) is 13.0 Å². The summed E-state index contributed by atoms with van der Waals surface area (Å²) in [6.45, 7) is 6.50. The summed E-state index contributed by atoms with van der Waals surface area (Å²) in [5.41, 5.74) is 0. The summed E-state index contributed by atoms with van der Waals surface area (Å²) in [5.74, 6) is -3.86. The second kappa shape index (κ2) is 20.2. The van der Waals surface area contributed by atoms with Gasteiger partial charge >= 0.3 is 11.9 Å². The van der Waals surface area contributed by atoms with Gasteiger partial charge in [0, 0.05) is 6.42 Å². The molecule has 210 valence electrons. The number of carboxylic acid groups (broad SMARTS) is 3. The van der Waals surface area contributed by atoms with Crippen LogP contribution >= 0.6 is 0 Å². The number of rotatable bonds is 24. The van der Waals surface area contributed by atoms with Crippen LogP contribution < -0.4 is 5.11 Å². The van der Waals surface area contributed by atoms with E-state index < -0.39 is 40.5 Å². The Morgan fingerprint density at radius 2 is 1.00 bits per heavy atom. The molecule has 0 bridgehead atoms. The number of aliphatic carboxylic acids is 3. The van der Waals surface area contributed by atoms with E-state index in [1.54, 1.807) is 0 Å². The molecule has 0 aliphatic heterocycles. The van der Waals surface area contributed by atoms with Crippen LogP contribution in [0, 0.1) is 0 Å². The molecule has 7 heteroatoms. The quantitative estimate of drug-likeness (QED) is 0.0975. The van der Waals surface area contributed by atoms with Crippen molar-refractivity contribution in [2.75, 3.05) is 6.54 Å². The average molecular weight is 512 g/mol. The third-order valence-electron chi connectivity index (χ3n) is 7.78. The zero-order chi connectivity index (χ0) is 27.4. The van der Waals surface area contributed by atoms with Crippen LogP contribution in [-0.2, 0) is 14.4 Å². The molecule has 0 aromatic rings. The Kier molecular flexibility index (Phi) is 19.1. The number of carbonyl (C=O) groups excluding carboxylic acids is 1. The van der Waals surface area contributed by atoms with Gasteiger partial charge in [-0.15, -0.1) is 0 Å². The lowest BCUT2D eigenvalue weighted by atomic mass is 10.0. The summed E-state index contributed by atoms with van der Waals surface area (Å²) in [4.78, 5) is 35.2. The monoisotopic (exact) mass is 511 g/mol. The fraction of sp³-hybridized carbons (Fsp3) is 0.828. The SMILES string of the molecule is CCCCCCCCCCCCCCC/C=C/CCC[N+](C(C)C(=O)[O-])(C(C)C(=O)O)C(C)C(=O)O. The lowest BCUT2D eigenvalue weighted by Crippen LogP contribution is -2.71. The van der Waals surface area contributed by atoms with Gasteiger partial charge in [-0.3, -0.25) is 4.48 Å². The molecule has 0 saturated carbocycles. The van der Waals surface area contributed by atoms with Crippen LogP contribution in [-0.4, -0.2) is 57.3 Å². The van der Waals surface area contributed by atoms with Crippen LogP contribution in [0.25, 0.3) is 0 Å². The number of hydrogen-bond donors (Lipinski definition) is 2. The number of unbranched alkanes of at least 4 members (excludes halogenated alkanes) is 14. The van der Waals surface area contributed by atoms with Crippen molar-refractivity contribution in [1.82, 2.24) is 0 Å². The number of nitrogens with zero attached hydrogens (tertiary/aromatic N) is 1. The zero-order valence-electron chi connectivity index (χ0n) is 23.4. The normalized spacial score (nSPS) is 15.9. The van der Waals surface area contributed by atoms with Gasteiger partial charge < -0.3 is 20.1 Å². The first kappa shape index (κ1) is 34.1. The van der Waals surface area contributed by atoms with Crippen LogP contribution in [0.1, 0.15) is 130 Å². The molecule has 36 heavy (non-hydrogen) atoms. The van der Waals surface area contributed by atoms with Crippen molar-refractivity contribution in [3.63, 3.8) is 0 Å². The Balaban J connectivity index is 4.27. The van der Waals surface area contributed by atoms with Crippen molar-refractivity contribution in [3.05, 3.63) is 12.2 Å². The van der Waals surface area contributed by atoms with E-state index >= 15 is 0 Å². The smallest absolute Gasteiger partial charge is 0.362 e. The van der Waals surface area contributed by atoms with Gasteiger partial charge in [-0.2, -0.15) is 0 Å². The van der Waals surface area contributed by atoms with Crippen molar-refractivity contribution in [1.29, 1.82) is 0 Å². The lowest BCUT2D eigenvalue weighted by Gasteiger charge is -2.49. The minimum Gasteiger partial charge on any atom is -0.544 e. The molecule has 0 aliphatic rings. The molecular weight excluding hydrogens is 458 g/mol. The third kappa shape index (κ3) is 12.9. The predicted molar refractivity (Wildman–Crippen MR) is 142 cm³/mol. The maximum absolute atomic E-state index is 11.8. The summed E-state index contributed by atoms with van der Waals surface area (Å²) < 4.78 is -0.570. The Morgan fingerprint density at radius 1 is 0.639 bits per heavy atom. The van der Waals surface area contributed by atoms with Crippen molar-refractivity contribution >= 4 is 17.9 Å². The number of carboxylic acids is 3. The maximum Gasteiger partial charge on any atom is 0.362 e. The van der Waals surface area contributed by atoms with E-state index in [9.17, 15) is 29.7 Å². The molecular formula is C29H53NO6. The van der Waals surface area contributed by atoms with Crippen molar-refractivity contribution in [2.24, 2.45) is 0 Å². The highest BCUT2D eigenvalue weighted by atomic mass is 16.4. The van der Waals surface area contributed by atoms with Gasteiger partial charge in [0.25, 0.3) is 0 Å². The minimum absolute atomic E-state index is 0.138. The minimum atomic E-state index is -1.44. The first-order chi connectivity index (χ1) is 17.1. The molecule has 0 aromatic heterocycles. The fourth-order valence-corrected chi connectivity index (χ4v) is 5.19. The number of carbonyl (C=O) groups is 3. The van der Waals surface area contributed by atoms with E-state index in [0.29, 0.717) is 12.8 Å². The second-order valence-corrected chi connectivity index (χ2v) is 10.4. The van der Waals surface area contributed by atoms with Gasteiger partial charge in [-0.25, -0.2) is 9.59 Å². The van der Waals surface area contributed by atoms with E-state index in [0.717, 1.165) is 12.8 Å². The van der Waals surface area contributed by atoms with Crippen LogP contribution in [0.2, 0.25) is 0 Å². The van der Waals surface area contributed by atoms with Gasteiger partial charge in [0.1, 0.15) is 6.04 Å². The van der Waals surface area contributed by atoms with Crippen molar-refractivity contribution < 1.29 is 34.2 Å². The fourth-order valence-electron chi connectivity index (χ4n) is 5.19. The van der Waals surface area contributed by atoms with Gasteiger partial charge in [-0.1, -0.05) is 96.1 Å². The summed E-state index contributed by atoms with van der Waals surface area (Å²) >= 11 is 0. The molecule has 0 amide bonds. The van der Waals surface area contributed by atoms with Crippen LogP contribution in [0.4, 0.5) is 0 Å². The Hall–Kier alpha value is -1.89. The Bertz CT molecular complexity index is 597. The molecule has 2 N–H and O–H groups in total. The van der Waals surface area contributed by atoms with Crippen LogP contribution in [0.3, 0.4) is 0 Å². The van der Waals surface area contributed by atoms with E-state index in [1.165, 1.54) is 97.8 Å². The van der Waals surface area contributed by atoms with Gasteiger partial charge in [0.15, 0.2) is 12.1 Å². The highest BCUT2D eigenvalue weighted by Crippen LogP contribution is 2.27. The van der Waals surface area contributed by atoms with Crippen LogP contribution in [0.15, 0.2) is 12.2 Å². The van der Waals surface area contributed by atoms with E-state index in [4.69, 9.17) is 0 Å². The number of quaternary nitrogens is 1. The molecule has 0 aliphatic carbocycles. The van der Waals surface area contributed by atoms with Gasteiger partial charge in [0.05, 0.1) is 12.5 Å². The largest absolute Gasteiger partial charge is 0.544 e. The first-order valence-electron chi connectivity index (χ1n) is 14.3. The highest BCUT2D eigenvalue weighted by molar-refractivity contribution is 5.76. The molecule has 0 fully saturated rings. The lowest BCUT2D eigenvalue weighted by molar-refractivity contribution is -0.969. The average Bonchev–Trinajstić information content (AvgIpc) is 2.84. The first-order valence-corrected chi connectivity index (χ1v) is 14.3. The molecule has 3 unspecified atom stereocenters. The molecule has 0 heterocycles.